The van der Waals surface area contributed by atoms with Crippen LogP contribution in [0.1, 0.15) is 121 Å². The molecule has 0 amide bonds. The average Bonchev–Trinajstić information content (AvgIpc) is 2.99. The van der Waals surface area contributed by atoms with E-state index in [9.17, 15) is 0 Å². The highest BCUT2D eigenvalue weighted by atomic mass is 14.7. The standard InChI is InChI=1S/C36H58/c1-23(2)25(5)14-15-28(24(3)4)31-26(6)22-35(12)30-18-21-36(13)32(8,9)27(7)16-19-33(36,10)29(30)17-20-34(31,35)11/h17-18,23,26-28,31H,3,5,14-16,19-22H2,1-2,4,6-13H3/t26-,27+,28?,31-,33-,34-,35+,36+/m1/s1. The van der Waals surface area contributed by atoms with Crippen molar-refractivity contribution in [2.24, 2.45) is 56.7 Å². The minimum absolute atomic E-state index is 0.251. The monoisotopic (exact) mass is 490 g/mol. The van der Waals surface area contributed by atoms with Gasteiger partial charge in [0.1, 0.15) is 0 Å². The van der Waals surface area contributed by atoms with Crippen molar-refractivity contribution in [1.82, 2.24) is 0 Å². The predicted octanol–water partition coefficient (Wildman–Crippen LogP) is 11.0. The summed E-state index contributed by atoms with van der Waals surface area (Å²) in [6, 6.07) is 0. The van der Waals surface area contributed by atoms with Crippen LogP contribution in [0, 0.1) is 56.7 Å². The van der Waals surface area contributed by atoms with Crippen molar-refractivity contribution in [3.05, 3.63) is 47.6 Å². The van der Waals surface area contributed by atoms with Gasteiger partial charge in [0.15, 0.2) is 0 Å². The Labute approximate surface area is 225 Å². The summed E-state index contributed by atoms with van der Waals surface area (Å²) in [5.74, 6) is 3.33. The molecule has 0 saturated heterocycles. The predicted molar refractivity (Wildman–Crippen MR) is 159 cm³/mol. The van der Waals surface area contributed by atoms with E-state index < -0.39 is 0 Å². The minimum atomic E-state index is 0.251. The molecule has 0 nitrogen and oxygen atoms in total. The Morgan fingerprint density at radius 3 is 2.11 bits per heavy atom. The van der Waals surface area contributed by atoms with Crippen molar-refractivity contribution in [3.8, 4) is 0 Å². The lowest BCUT2D eigenvalue weighted by atomic mass is 9.37. The summed E-state index contributed by atoms with van der Waals surface area (Å²) in [6.07, 6.45) is 14.3. The highest BCUT2D eigenvalue weighted by Crippen LogP contribution is 2.76. The first-order valence-electron chi connectivity index (χ1n) is 15.2. The van der Waals surface area contributed by atoms with Crippen LogP contribution in [-0.2, 0) is 0 Å². The minimum Gasteiger partial charge on any atom is -0.0998 e. The second-order valence-electron chi connectivity index (χ2n) is 15.7. The second-order valence-corrected chi connectivity index (χ2v) is 15.7. The molecule has 0 aromatic rings. The number of allylic oxidation sites excluding steroid dienone is 6. The lowest BCUT2D eigenvalue weighted by molar-refractivity contribution is -0.108. The molecule has 0 N–H and O–H groups in total. The Hall–Kier alpha value is -1.04. The Kier molecular flexibility index (Phi) is 6.80. The second kappa shape index (κ2) is 8.74. The molecule has 36 heavy (non-hydrogen) atoms. The quantitative estimate of drug-likeness (QED) is 0.325. The zero-order valence-electron chi connectivity index (χ0n) is 25.9. The molecule has 0 heteroatoms. The molecule has 0 radical (unpaired) electrons. The third-order valence-electron chi connectivity index (χ3n) is 13.9. The van der Waals surface area contributed by atoms with E-state index >= 15 is 0 Å². The van der Waals surface area contributed by atoms with Crippen LogP contribution in [0.25, 0.3) is 0 Å². The molecule has 202 valence electrons. The fourth-order valence-corrected chi connectivity index (χ4v) is 10.2. The fourth-order valence-electron chi connectivity index (χ4n) is 10.2. The van der Waals surface area contributed by atoms with E-state index in [4.69, 9.17) is 0 Å². The molecular formula is C36H58. The molecule has 2 saturated carbocycles. The Morgan fingerprint density at radius 2 is 1.53 bits per heavy atom. The largest absolute Gasteiger partial charge is 0.0998 e. The van der Waals surface area contributed by atoms with Crippen LogP contribution in [0.3, 0.4) is 0 Å². The molecule has 4 aliphatic carbocycles. The van der Waals surface area contributed by atoms with Crippen LogP contribution in [0.4, 0.5) is 0 Å². The van der Waals surface area contributed by atoms with Gasteiger partial charge in [0.25, 0.3) is 0 Å². The van der Waals surface area contributed by atoms with E-state index in [0.29, 0.717) is 34.5 Å². The number of rotatable bonds is 6. The zero-order chi connectivity index (χ0) is 27.1. The number of fused-ring (bicyclic) bond motifs is 5. The fraction of sp³-hybridized carbons (Fsp3) is 0.778. The van der Waals surface area contributed by atoms with Crippen molar-refractivity contribution < 1.29 is 0 Å². The van der Waals surface area contributed by atoms with Gasteiger partial charge in [0.05, 0.1) is 0 Å². The van der Waals surface area contributed by atoms with E-state index in [1.807, 2.05) is 0 Å². The van der Waals surface area contributed by atoms with Crippen molar-refractivity contribution >= 4 is 0 Å². The molecule has 4 aliphatic rings. The summed E-state index contributed by atoms with van der Waals surface area (Å²) < 4.78 is 0. The lowest BCUT2D eigenvalue weighted by Gasteiger charge is -2.67. The van der Waals surface area contributed by atoms with Gasteiger partial charge < -0.3 is 0 Å². The maximum atomic E-state index is 4.57. The van der Waals surface area contributed by atoms with Gasteiger partial charge in [-0.15, -0.1) is 0 Å². The van der Waals surface area contributed by atoms with Crippen LogP contribution in [0.15, 0.2) is 47.6 Å². The van der Waals surface area contributed by atoms with Crippen LogP contribution in [0.5, 0.6) is 0 Å². The molecule has 4 rings (SSSR count). The maximum Gasteiger partial charge on any atom is -0.00133 e. The summed E-state index contributed by atoms with van der Waals surface area (Å²) in [5, 5.41) is 0. The summed E-state index contributed by atoms with van der Waals surface area (Å²) in [5.41, 5.74) is 7.76. The van der Waals surface area contributed by atoms with Gasteiger partial charge in [-0.25, -0.2) is 0 Å². The smallest absolute Gasteiger partial charge is 0.00133 e. The van der Waals surface area contributed by atoms with Crippen LogP contribution in [0.2, 0.25) is 0 Å². The van der Waals surface area contributed by atoms with E-state index in [1.54, 1.807) is 11.1 Å². The van der Waals surface area contributed by atoms with E-state index in [2.05, 4.69) is 101 Å². The Bertz CT molecular complexity index is 986. The third kappa shape index (κ3) is 3.51. The number of hydrogen-bond acceptors (Lipinski definition) is 0. The summed E-state index contributed by atoms with van der Waals surface area (Å²) >= 11 is 0. The molecule has 8 atom stereocenters. The summed E-state index contributed by atoms with van der Waals surface area (Å²) in [6.45, 7) is 36.7. The van der Waals surface area contributed by atoms with Crippen molar-refractivity contribution in [1.29, 1.82) is 0 Å². The molecule has 0 aliphatic heterocycles. The van der Waals surface area contributed by atoms with Gasteiger partial charge >= 0.3 is 0 Å². The highest BCUT2D eigenvalue weighted by Gasteiger charge is 2.67. The first-order chi connectivity index (χ1) is 16.5. The summed E-state index contributed by atoms with van der Waals surface area (Å²) in [7, 11) is 0. The molecule has 0 heterocycles. The van der Waals surface area contributed by atoms with Crippen molar-refractivity contribution in [2.75, 3.05) is 0 Å². The van der Waals surface area contributed by atoms with E-state index in [1.165, 1.54) is 49.7 Å². The Morgan fingerprint density at radius 1 is 0.944 bits per heavy atom. The Balaban J connectivity index is 1.76. The normalized spacial score (nSPS) is 44.2. The molecule has 0 aromatic heterocycles. The molecule has 0 spiro atoms. The van der Waals surface area contributed by atoms with Crippen molar-refractivity contribution in [2.45, 2.75) is 121 Å². The van der Waals surface area contributed by atoms with Crippen molar-refractivity contribution in [3.63, 3.8) is 0 Å². The molecule has 0 bridgehead atoms. The molecular weight excluding hydrogens is 432 g/mol. The van der Waals surface area contributed by atoms with Gasteiger partial charge in [-0.3, -0.25) is 0 Å². The maximum absolute atomic E-state index is 4.57. The van der Waals surface area contributed by atoms with E-state index in [0.717, 1.165) is 12.3 Å². The number of hydrogen-bond donors (Lipinski definition) is 0. The topological polar surface area (TPSA) is 0 Å². The van der Waals surface area contributed by atoms with Crippen LogP contribution < -0.4 is 0 Å². The van der Waals surface area contributed by atoms with Gasteiger partial charge in [-0.05, 0) is 120 Å². The average molecular weight is 491 g/mol. The summed E-state index contributed by atoms with van der Waals surface area (Å²) in [4.78, 5) is 0. The first-order valence-corrected chi connectivity index (χ1v) is 15.2. The van der Waals surface area contributed by atoms with Gasteiger partial charge in [-0.1, -0.05) is 106 Å². The first kappa shape index (κ1) is 28.0. The zero-order valence-corrected chi connectivity index (χ0v) is 25.9. The molecule has 1 unspecified atom stereocenters. The van der Waals surface area contributed by atoms with Gasteiger partial charge in [0, 0.05) is 0 Å². The van der Waals surface area contributed by atoms with E-state index in [-0.39, 0.29) is 16.2 Å². The highest BCUT2D eigenvalue weighted by molar-refractivity contribution is 5.51. The SMILES string of the molecule is C=C(CCC(C(=C)C)[C@H]1[C@H](C)C[C@@]2(C)C3=CC[C@@]4(C)C(C)(C)[C@@H](C)CC[C@]4(C)C3=CC[C@]12C)C(C)C. The van der Waals surface area contributed by atoms with Crippen LogP contribution in [-0.4, -0.2) is 0 Å². The lowest BCUT2D eigenvalue weighted by Crippen LogP contribution is -2.58. The molecule has 0 aromatic carbocycles. The third-order valence-corrected chi connectivity index (χ3v) is 13.9. The van der Waals surface area contributed by atoms with Gasteiger partial charge in [-0.2, -0.15) is 0 Å². The van der Waals surface area contributed by atoms with Crippen LogP contribution >= 0.6 is 0 Å². The van der Waals surface area contributed by atoms with Gasteiger partial charge in [0.2, 0.25) is 0 Å². The molecule has 2 fully saturated rings.